The van der Waals surface area contributed by atoms with Gasteiger partial charge in [0.15, 0.2) is 0 Å². The van der Waals surface area contributed by atoms with E-state index in [2.05, 4.69) is 29.0 Å². The molecule has 1 fully saturated rings. The van der Waals surface area contributed by atoms with Crippen molar-refractivity contribution in [3.63, 3.8) is 0 Å². The van der Waals surface area contributed by atoms with Crippen LogP contribution in [0.4, 0.5) is 0 Å². The van der Waals surface area contributed by atoms with Crippen LogP contribution < -0.4 is 10.8 Å². The highest BCUT2D eigenvalue weighted by Gasteiger charge is 2.57. The first-order chi connectivity index (χ1) is 13.8. The second-order valence-corrected chi connectivity index (χ2v) is 8.53. The Morgan fingerprint density at radius 3 is 2.41 bits per heavy atom. The van der Waals surface area contributed by atoms with Gasteiger partial charge in [0.25, 0.3) is 11.8 Å². The highest BCUT2D eigenvalue weighted by atomic mass is 32.3. The van der Waals surface area contributed by atoms with Crippen molar-refractivity contribution in [1.29, 1.82) is 0 Å². The monoisotopic (exact) mass is 422 g/mol. The summed E-state index contributed by atoms with van der Waals surface area (Å²) in [6, 6.07) is 4.88. The first kappa shape index (κ1) is 22.7. The predicted octanol–water partition coefficient (Wildman–Crippen LogP) is 0.177. The molecule has 0 spiro atoms. The summed E-state index contributed by atoms with van der Waals surface area (Å²) in [4.78, 5) is 24.6. The standard InChI is InChI=1S/C19H22N2O7S/c1-28-19(12-29(26,27)13-19)16(18(24)21-25)20-17(23)15-9-7-14(8-10-15)6-4-2-3-5-11-22/h7-10,16,22,25-27H,5,11-13H2,1H3,(H,20,23)(H,21,24). The molecule has 0 aliphatic carbocycles. The lowest BCUT2D eigenvalue weighted by molar-refractivity contribution is -0.138. The molecule has 1 aromatic rings. The molecule has 156 valence electrons. The van der Waals surface area contributed by atoms with Gasteiger partial charge in [0.2, 0.25) is 0 Å². The maximum Gasteiger partial charge on any atom is 0.269 e. The third-order valence-electron chi connectivity index (χ3n) is 4.27. The van der Waals surface area contributed by atoms with Crippen molar-refractivity contribution in [2.45, 2.75) is 18.1 Å². The third-order valence-corrected chi connectivity index (χ3v) is 6.17. The van der Waals surface area contributed by atoms with E-state index in [0.29, 0.717) is 12.0 Å². The number of carbonyl (C=O) groups is 2. The van der Waals surface area contributed by atoms with E-state index >= 15 is 0 Å². The fourth-order valence-corrected chi connectivity index (χ4v) is 4.88. The second kappa shape index (κ2) is 9.76. The zero-order valence-electron chi connectivity index (χ0n) is 15.6. The molecule has 1 heterocycles. The van der Waals surface area contributed by atoms with Crippen molar-refractivity contribution in [2.75, 3.05) is 25.2 Å². The zero-order valence-corrected chi connectivity index (χ0v) is 16.5. The fourth-order valence-electron chi connectivity index (χ4n) is 2.83. The lowest BCUT2D eigenvalue weighted by Gasteiger charge is -2.56. The van der Waals surface area contributed by atoms with Gasteiger partial charge in [0.05, 0.1) is 18.1 Å². The highest BCUT2D eigenvalue weighted by molar-refractivity contribution is 8.25. The smallest absolute Gasteiger partial charge is 0.269 e. The molecule has 0 saturated carbocycles. The number of hydrogen-bond donors (Lipinski definition) is 6. The first-order valence-electron chi connectivity index (χ1n) is 8.50. The van der Waals surface area contributed by atoms with Gasteiger partial charge in [-0.2, -0.15) is 10.6 Å². The van der Waals surface area contributed by atoms with Crippen LogP contribution >= 0.6 is 10.6 Å². The van der Waals surface area contributed by atoms with E-state index in [-0.39, 0.29) is 23.7 Å². The highest BCUT2D eigenvalue weighted by Crippen LogP contribution is 2.56. The van der Waals surface area contributed by atoms with E-state index in [1.54, 1.807) is 12.1 Å². The Hall–Kier alpha value is -2.57. The Labute approximate surface area is 169 Å². The molecule has 2 amide bonds. The van der Waals surface area contributed by atoms with Gasteiger partial charge in [-0.25, -0.2) is 5.48 Å². The molecule has 1 saturated heterocycles. The van der Waals surface area contributed by atoms with Gasteiger partial charge in [-0.3, -0.25) is 23.9 Å². The Balaban J connectivity index is 2.12. The Kier molecular flexibility index (Phi) is 7.65. The van der Waals surface area contributed by atoms with Gasteiger partial charge < -0.3 is 15.2 Å². The number of aliphatic hydroxyl groups excluding tert-OH is 1. The molecule has 1 aliphatic rings. The molecule has 1 aromatic carbocycles. The fraction of sp³-hybridized carbons (Fsp3) is 0.368. The van der Waals surface area contributed by atoms with Crippen LogP contribution in [0.1, 0.15) is 22.3 Å². The van der Waals surface area contributed by atoms with Crippen molar-refractivity contribution < 1.29 is 33.7 Å². The molecule has 1 aliphatic heterocycles. The number of hydrogen-bond acceptors (Lipinski definition) is 7. The molecule has 2 rings (SSSR count). The number of methoxy groups -OCH3 is 1. The maximum atomic E-state index is 12.6. The van der Waals surface area contributed by atoms with E-state index in [1.165, 1.54) is 24.7 Å². The molecule has 6 N–H and O–H groups in total. The molecular formula is C19H22N2O7S. The largest absolute Gasteiger partial charge is 0.395 e. The van der Waals surface area contributed by atoms with Gasteiger partial charge in [0, 0.05) is 24.7 Å². The van der Waals surface area contributed by atoms with Crippen LogP contribution in [0.3, 0.4) is 0 Å². The molecule has 10 heteroatoms. The summed E-state index contributed by atoms with van der Waals surface area (Å²) >= 11 is 0. The summed E-state index contributed by atoms with van der Waals surface area (Å²) < 4.78 is 24.7. The quantitative estimate of drug-likeness (QED) is 0.218. The molecule has 0 radical (unpaired) electrons. The lowest BCUT2D eigenvalue weighted by atomic mass is 9.95. The topological polar surface area (TPSA) is 148 Å². The average Bonchev–Trinajstić information content (AvgIpc) is 2.69. The van der Waals surface area contributed by atoms with Crippen LogP contribution in [0.5, 0.6) is 0 Å². The summed E-state index contributed by atoms with van der Waals surface area (Å²) in [5.41, 5.74) is 0.984. The third kappa shape index (κ3) is 5.71. The number of benzene rings is 1. The van der Waals surface area contributed by atoms with Crippen molar-refractivity contribution in [3.05, 3.63) is 35.4 Å². The molecule has 9 nitrogen and oxygen atoms in total. The average molecular weight is 422 g/mol. The van der Waals surface area contributed by atoms with Crippen LogP contribution in [-0.2, 0) is 9.53 Å². The SMILES string of the molecule is COC1(C(NC(=O)c2ccc(C#CC#CCCO)cc2)C(=O)NO)CS(O)(O)C1. The Morgan fingerprint density at radius 1 is 1.24 bits per heavy atom. The minimum Gasteiger partial charge on any atom is -0.395 e. The number of aliphatic hydroxyl groups is 1. The molecule has 0 aromatic heterocycles. The van der Waals surface area contributed by atoms with Gasteiger partial charge >= 0.3 is 0 Å². The molecular weight excluding hydrogens is 400 g/mol. The van der Waals surface area contributed by atoms with Gasteiger partial charge in [-0.1, -0.05) is 11.8 Å². The van der Waals surface area contributed by atoms with Crippen LogP contribution in [0.15, 0.2) is 24.3 Å². The van der Waals surface area contributed by atoms with Crippen molar-refractivity contribution >= 4 is 22.4 Å². The summed E-state index contributed by atoms with van der Waals surface area (Å²) in [5, 5.41) is 20.1. The minimum atomic E-state index is -2.89. The minimum absolute atomic E-state index is 0.0307. The molecule has 0 bridgehead atoms. The van der Waals surface area contributed by atoms with Crippen LogP contribution in [0.2, 0.25) is 0 Å². The summed E-state index contributed by atoms with van der Waals surface area (Å²) in [5.74, 6) is 8.66. The summed E-state index contributed by atoms with van der Waals surface area (Å²) in [7, 11) is -1.60. The van der Waals surface area contributed by atoms with E-state index in [1.807, 2.05) is 0 Å². The summed E-state index contributed by atoms with van der Waals surface area (Å²) in [6.07, 6.45) is 0.342. The second-order valence-electron chi connectivity index (χ2n) is 6.35. The maximum absolute atomic E-state index is 12.6. The van der Waals surface area contributed by atoms with Crippen molar-refractivity contribution in [1.82, 2.24) is 10.8 Å². The number of nitrogens with one attached hydrogen (secondary N) is 2. The lowest BCUT2D eigenvalue weighted by Crippen LogP contribution is -2.69. The van der Waals surface area contributed by atoms with Crippen LogP contribution in [0, 0.1) is 23.7 Å². The predicted molar refractivity (Wildman–Crippen MR) is 106 cm³/mol. The number of hydroxylamine groups is 1. The number of carbonyl (C=O) groups excluding carboxylic acids is 2. The van der Waals surface area contributed by atoms with E-state index < -0.39 is 34.0 Å². The number of ether oxygens (including phenoxy) is 1. The van der Waals surface area contributed by atoms with Crippen molar-refractivity contribution in [3.8, 4) is 23.7 Å². The van der Waals surface area contributed by atoms with Gasteiger partial charge in [0.1, 0.15) is 11.6 Å². The molecule has 29 heavy (non-hydrogen) atoms. The van der Waals surface area contributed by atoms with E-state index in [9.17, 15) is 18.7 Å². The van der Waals surface area contributed by atoms with Gasteiger partial charge in [-0.05, 0) is 36.1 Å². The number of rotatable bonds is 6. The van der Waals surface area contributed by atoms with Crippen molar-refractivity contribution in [2.24, 2.45) is 0 Å². The Morgan fingerprint density at radius 2 is 1.90 bits per heavy atom. The zero-order chi connectivity index (χ0) is 21.5. The molecule has 1 atom stereocenters. The van der Waals surface area contributed by atoms with Crippen LogP contribution in [0.25, 0.3) is 0 Å². The van der Waals surface area contributed by atoms with E-state index in [4.69, 9.17) is 15.1 Å². The molecule has 1 unspecified atom stereocenters. The normalized spacial score (nSPS) is 17.8. The Bertz CT molecular complexity index is 870. The van der Waals surface area contributed by atoms with Crippen LogP contribution in [-0.4, -0.2) is 68.1 Å². The summed E-state index contributed by atoms with van der Waals surface area (Å²) in [6.45, 7) is -0.0307. The van der Waals surface area contributed by atoms with Gasteiger partial charge in [-0.15, -0.1) is 0 Å². The number of amides is 2. The first-order valence-corrected chi connectivity index (χ1v) is 10.4. The van der Waals surface area contributed by atoms with E-state index in [0.717, 1.165) is 0 Å².